The van der Waals surface area contributed by atoms with E-state index in [2.05, 4.69) is 12.2 Å². The number of carbonyl (C=O) groups is 2. The van der Waals surface area contributed by atoms with Crippen molar-refractivity contribution in [2.45, 2.75) is 52.1 Å². The van der Waals surface area contributed by atoms with E-state index in [0.29, 0.717) is 12.0 Å². The predicted octanol–water partition coefficient (Wildman–Crippen LogP) is 1.68. The molecule has 1 aliphatic rings. The zero-order chi connectivity index (χ0) is 13.0. The Morgan fingerprint density at radius 3 is 2.53 bits per heavy atom. The summed E-state index contributed by atoms with van der Waals surface area (Å²) in [6.07, 6.45) is 2.13. The Morgan fingerprint density at radius 1 is 1.47 bits per heavy atom. The molecule has 0 aromatic carbocycles. The molecule has 0 bridgehead atoms. The summed E-state index contributed by atoms with van der Waals surface area (Å²) < 4.78 is 0. The van der Waals surface area contributed by atoms with Crippen molar-refractivity contribution in [2.24, 2.45) is 5.92 Å². The lowest BCUT2D eigenvalue weighted by Gasteiger charge is -2.26. The quantitative estimate of drug-likeness (QED) is 0.744. The van der Waals surface area contributed by atoms with Crippen molar-refractivity contribution in [3.63, 3.8) is 0 Å². The zero-order valence-corrected chi connectivity index (χ0v) is 10.8. The largest absolute Gasteiger partial charge is 0.481 e. The molecule has 0 saturated heterocycles. The molecule has 2 atom stereocenters. The lowest BCUT2D eigenvalue weighted by Crippen LogP contribution is -2.46. The Morgan fingerprint density at radius 2 is 2.12 bits per heavy atom. The molecule has 0 aromatic rings. The molecule has 17 heavy (non-hydrogen) atoms. The van der Waals surface area contributed by atoms with Gasteiger partial charge in [-0.25, -0.2) is 4.79 Å². The number of aliphatic carboxylic acids is 1. The maximum Gasteiger partial charge on any atom is 0.317 e. The third kappa shape index (κ3) is 4.24. The van der Waals surface area contributed by atoms with E-state index in [1.165, 1.54) is 0 Å². The maximum atomic E-state index is 11.9. The first-order chi connectivity index (χ1) is 7.95. The zero-order valence-electron chi connectivity index (χ0n) is 10.8. The van der Waals surface area contributed by atoms with Gasteiger partial charge in [-0.3, -0.25) is 4.79 Å². The van der Waals surface area contributed by atoms with Crippen LogP contribution in [0.15, 0.2) is 0 Å². The summed E-state index contributed by atoms with van der Waals surface area (Å²) in [6.45, 7) is 6.17. The molecule has 0 aromatic heterocycles. The van der Waals surface area contributed by atoms with Gasteiger partial charge >= 0.3 is 12.0 Å². The molecule has 5 nitrogen and oxygen atoms in total. The van der Waals surface area contributed by atoms with Gasteiger partial charge in [0, 0.05) is 18.6 Å². The van der Waals surface area contributed by atoms with E-state index in [9.17, 15) is 9.59 Å². The van der Waals surface area contributed by atoms with Crippen LogP contribution in [-0.2, 0) is 4.79 Å². The molecule has 5 heteroatoms. The van der Waals surface area contributed by atoms with Gasteiger partial charge in [0.15, 0.2) is 0 Å². The molecule has 0 spiro atoms. The first kappa shape index (κ1) is 13.8. The highest BCUT2D eigenvalue weighted by Crippen LogP contribution is 2.33. The molecule has 98 valence electrons. The van der Waals surface area contributed by atoms with Crippen molar-refractivity contribution in [3.8, 4) is 0 Å². The normalized spacial score (nSPS) is 22.4. The van der Waals surface area contributed by atoms with Crippen LogP contribution in [0.1, 0.15) is 40.0 Å². The fourth-order valence-corrected chi connectivity index (χ4v) is 1.93. The molecule has 2 N–H and O–H groups in total. The predicted molar refractivity (Wildman–Crippen MR) is 64.8 cm³/mol. The maximum absolute atomic E-state index is 11.9. The Labute approximate surface area is 102 Å². The minimum atomic E-state index is -0.874. The molecule has 2 amide bonds. The van der Waals surface area contributed by atoms with Gasteiger partial charge in [-0.2, -0.15) is 0 Å². The average Bonchev–Trinajstić information content (AvgIpc) is 2.95. The molecule has 0 aliphatic heterocycles. The fraction of sp³-hybridized carbons (Fsp3) is 0.833. The minimum Gasteiger partial charge on any atom is -0.481 e. The highest BCUT2D eigenvalue weighted by molar-refractivity contribution is 5.76. The standard InChI is InChI=1S/C12H22N2O3/c1-4-9-7-10(9)13-12(17)14(8(2)3)6-5-11(15)16/h8-10H,4-7H2,1-3H3,(H,13,17)(H,15,16). The third-order valence-corrected chi connectivity index (χ3v) is 3.21. The number of carboxylic acids is 1. The number of nitrogens with one attached hydrogen (secondary N) is 1. The van der Waals surface area contributed by atoms with Crippen molar-refractivity contribution in [1.82, 2.24) is 10.2 Å². The van der Waals surface area contributed by atoms with Gasteiger partial charge < -0.3 is 15.3 Å². The second-order valence-electron chi connectivity index (χ2n) is 4.89. The monoisotopic (exact) mass is 242 g/mol. The smallest absolute Gasteiger partial charge is 0.317 e. The highest BCUT2D eigenvalue weighted by Gasteiger charge is 2.37. The van der Waals surface area contributed by atoms with Crippen LogP contribution in [0.4, 0.5) is 4.79 Å². The summed E-state index contributed by atoms with van der Waals surface area (Å²) in [4.78, 5) is 24.0. The number of hydrogen-bond donors (Lipinski definition) is 2. The van der Waals surface area contributed by atoms with Crippen molar-refractivity contribution in [3.05, 3.63) is 0 Å². The van der Waals surface area contributed by atoms with Crippen LogP contribution < -0.4 is 5.32 Å². The van der Waals surface area contributed by atoms with Gasteiger partial charge in [0.1, 0.15) is 0 Å². The van der Waals surface area contributed by atoms with Crippen molar-refractivity contribution >= 4 is 12.0 Å². The van der Waals surface area contributed by atoms with E-state index in [-0.39, 0.29) is 25.0 Å². The number of urea groups is 1. The molecule has 0 heterocycles. The summed E-state index contributed by atoms with van der Waals surface area (Å²) in [5.41, 5.74) is 0. The number of nitrogens with zero attached hydrogens (tertiary/aromatic N) is 1. The average molecular weight is 242 g/mol. The number of carboxylic acid groups (broad SMARTS) is 1. The van der Waals surface area contributed by atoms with Gasteiger partial charge in [0.25, 0.3) is 0 Å². The molecular formula is C12H22N2O3. The van der Waals surface area contributed by atoms with Gasteiger partial charge in [-0.1, -0.05) is 13.3 Å². The molecular weight excluding hydrogens is 220 g/mol. The van der Waals surface area contributed by atoms with Crippen molar-refractivity contribution in [2.75, 3.05) is 6.54 Å². The SMILES string of the molecule is CCC1CC1NC(=O)N(CCC(=O)O)C(C)C. The van der Waals surface area contributed by atoms with Gasteiger partial charge in [-0.05, 0) is 26.2 Å². The summed E-state index contributed by atoms with van der Waals surface area (Å²) in [5.74, 6) is -0.270. The summed E-state index contributed by atoms with van der Waals surface area (Å²) in [5, 5.41) is 11.6. The van der Waals surface area contributed by atoms with E-state index in [0.717, 1.165) is 12.8 Å². The van der Waals surface area contributed by atoms with Crippen LogP contribution in [0.2, 0.25) is 0 Å². The van der Waals surface area contributed by atoms with Crippen molar-refractivity contribution in [1.29, 1.82) is 0 Å². The number of hydrogen-bond acceptors (Lipinski definition) is 2. The van der Waals surface area contributed by atoms with Crippen molar-refractivity contribution < 1.29 is 14.7 Å². The molecule has 1 saturated carbocycles. The van der Waals surface area contributed by atoms with E-state index in [1.807, 2.05) is 13.8 Å². The summed E-state index contributed by atoms with van der Waals surface area (Å²) in [6, 6.07) is 0.175. The Kier molecular flexibility index (Phi) is 4.78. The van der Waals surface area contributed by atoms with Crippen LogP contribution in [0.3, 0.4) is 0 Å². The lowest BCUT2D eigenvalue weighted by atomic mass is 10.3. The molecule has 0 radical (unpaired) electrons. The summed E-state index contributed by atoms with van der Waals surface area (Å²) in [7, 11) is 0. The van der Waals surface area contributed by atoms with Gasteiger partial charge in [-0.15, -0.1) is 0 Å². The third-order valence-electron chi connectivity index (χ3n) is 3.21. The topological polar surface area (TPSA) is 69.6 Å². The van der Waals surface area contributed by atoms with E-state index >= 15 is 0 Å². The Balaban J connectivity index is 2.41. The van der Waals surface area contributed by atoms with Crippen LogP contribution in [-0.4, -0.2) is 40.6 Å². The molecule has 2 unspecified atom stereocenters. The molecule has 1 rings (SSSR count). The fourth-order valence-electron chi connectivity index (χ4n) is 1.93. The highest BCUT2D eigenvalue weighted by atomic mass is 16.4. The van der Waals surface area contributed by atoms with E-state index < -0.39 is 5.97 Å². The first-order valence-electron chi connectivity index (χ1n) is 6.24. The van der Waals surface area contributed by atoms with Crippen LogP contribution in [0.5, 0.6) is 0 Å². The first-order valence-corrected chi connectivity index (χ1v) is 6.24. The number of carbonyl (C=O) groups excluding carboxylic acids is 1. The Hall–Kier alpha value is -1.26. The minimum absolute atomic E-state index is 0.00648. The second kappa shape index (κ2) is 5.89. The lowest BCUT2D eigenvalue weighted by molar-refractivity contribution is -0.137. The van der Waals surface area contributed by atoms with Crippen LogP contribution in [0, 0.1) is 5.92 Å². The van der Waals surface area contributed by atoms with Crippen LogP contribution in [0.25, 0.3) is 0 Å². The van der Waals surface area contributed by atoms with Gasteiger partial charge in [0.05, 0.1) is 6.42 Å². The van der Waals surface area contributed by atoms with Gasteiger partial charge in [0.2, 0.25) is 0 Å². The summed E-state index contributed by atoms with van der Waals surface area (Å²) >= 11 is 0. The molecule has 1 fully saturated rings. The number of rotatable bonds is 6. The second-order valence-corrected chi connectivity index (χ2v) is 4.89. The number of amides is 2. The van der Waals surface area contributed by atoms with E-state index in [4.69, 9.17) is 5.11 Å². The van der Waals surface area contributed by atoms with Crippen LogP contribution >= 0.6 is 0 Å². The van der Waals surface area contributed by atoms with E-state index in [1.54, 1.807) is 4.90 Å². The Bertz CT molecular complexity index is 291. The molecule has 1 aliphatic carbocycles.